The molecule has 0 amide bonds. The molecule has 0 unspecified atom stereocenters. The molecule has 0 saturated carbocycles. The number of nitrogens with zero attached hydrogens (tertiary/aromatic N) is 1. The van der Waals surface area contributed by atoms with Crippen molar-refractivity contribution in [2.45, 2.75) is 4.90 Å². The summed E-state index contributed by atoms with van der Waals surface area (Å²) in [5.41, 5.74) is 1.46. The predicted octanol–water partition coefficient (Wildman–Crippen LogP) is 2.37. The number of hydrogen-bond donors (Lipinski definition) is 2. The van der Waals surface area contributed by atoms with Gasteiger partial charge in [0, 0.05) is 6.07 Å². The van der Waals surface area contributed by atoms with Crippen LogP contribution in [0.15, 0.2) is 53.4 Å². The van der Waals surface area contributed by atoms with Crippen molar-refractivity contribution in [3.63, 3.8) is 0 Å². The zero-order valence-corrected chi connectivity index (χ0v) is 12.0. The number of methoxy groups -OCH3 is 1. The summed E-state index contributed by atoms with van der Waals surface area (Å²) >= 11 is 0. The van der Waals surface area contributed by atoms with Gasteiger partial charge in [-0.2, -0.15) is 0 Å². The number of imidazole rings is 1. The number of benzene rings is 2. The number of hydrogen-bond acceptors (Lipinski definition) is 4. The van der Waals surface area contributed by atoms with E-state index in [0.29, 0.717) is 11.3 Å². The predicted molar refractivity (Wildman–Crippen MR) is 79.9 cm³/mol. The first-order valence-corrected chi connectivity index (χ1v) is 7.68. The first-order chi connectivity index (χ1) is 10.1. The van der Waals surface area contributed by atoms with E-state index in [0.717, 1.165) is 5.52 Å². The fourth-order valence-corrected chi connectivity index (χ4v) is 2.95. The molecule has 0 spiro atoms. The monoisotopic (exact) mass is 303 g/mol. The third-order valence-corrected chi connectivity index (χ3v) is 4.31. The number of H-pyrrole nitrogens is 1. The molecule has 1 aromatic heterocycles. The standard InChI is InChI=1S/C14H13N3O3S/c1-20-10-5-4-6-11(9-10)21(18,19)17-14-15-12-7-2-3-8-13(12)16-14/h2-9H,1H3,(H2,15,16,17). The van der Waals surface area contributed by atoms with Crippen LogP contribution in [-0.2, 0) is 10.0 Å². The number of ether oxygens (including phenoxy) is 1. The van der Waals surface area contributed by atoms with Gasteiger partial charge < -0.3 is 9.72 Å². The van der Waals surface area contributed by atoms with Crippen LogP contribution in [0.5, 0.6) is 5.75 Å². The van der Waals surface area contributed by atoms with Gasteiger partial charge in [0.1, 0.15) is 5.75 Å². The van der Waals surface area contributed by atoms with Crippen LogP contribution >= 0.6 is 0 Å². The Labute approximate surface area is 121 Å². The van der Waals surface area contributed by atoms with E-state index in [1.54, 1.807) is 18.2 Å². The molecule has 3 rings (SSSR count). The van der Waals surface area contributed by atoms with Crippen molar-refractivity contribution in [3.05, 3.63) is 48.5 Å². The summed E-state index contributed by atoms with van der Waals surface area (Å²) in [5.74, 6) is 0.654. The molecule has 3 aromatic rings. The minimum atomic E-state index is -3.72. The smallest absolute Gasteiger partial charge is 0.264 e. The number of fused-ring (bicyclic) bond motifs is 1. The van der Waals surface area contributed by atoms with Crippen LogP contribution in [0.3, 0.4) is 0 Å². The van der Waals surface area contributed by atoms with Crippen molar-refractivity contribution in [1.82, 2.24) is 9.97 Å². The lowest BCUT2D eigenvalue weighted by Crippen LogP contribution is -2.13. The minimum Gasteiger partial charge on any atom is -0.497 e. The zero-order valence-electron chi connectivity index (χ0n) is 11.2. The number of aromatic nitrogens is 2. The Kier molecular flexibility index (Phi) is 3.26. The first-order valence-electron chi connectivity index (χ1n) is 6.20. The molecular formula is C14H13N3O3S. The lowest BCUT2D eigenvalue weighted by atomic mass is 10.3. The molecule has 0 saturated heterocycles. The molecule has 0 atom stereocenters. The first kappa shape index (κ1) is 13.4. The summed E-state index contributed by atoms with van der Waals surface area (Å²) in [5, 5.41) is 0. The summed E-state index contributed by atoms with van der Waals surface area (Å²) in [7, 11) is -2.23. The summed E-state index contributed by atoms with van der Waals surface area (Å²) in [4.78, 5) is 7.22. The van der Waals surface area contributed by atoms with Crippen LogP contribution in [0.2, 0.25) is 0 Å². The van der Waals surface area contributed by atoms with E-state index < -0.39 is 10.0 Å². The van der Waals surface area contributed by atoms with Gasteiger partial charge in [0.25, 0.3) is 10.0 Å². The van der Waals surface area contributed by atoms with E-state index in [2.05, 4.69) is 14.7 Å². The van der Waals surface area contributed by atoms with E-state index in [-0.39, 0.29) is 10.8 Å². The third kappa shape index (κ3) is 2.68. The van der Waals surface area contributed by atoms with E-state index in [1.807, 2.05) is 18.2 Å². The molecule has 7 heteroatoms. The van der Waals surface area contributed by atoms with Crippen molar-refractivity contribution >= 4 is 27.0 Å². The SMILES string of the molecule is COc1cccc(S(=O)(=O)Nc2nc3ccccc3[nH]2)c1. The van der Waals surface area contributed by atoms with Gasteiger partial charge in [0.15, 0.2) is 0 Å². The van der Waals surface area contributed by atoms with E-state index >= 15 is 0 Å². The van der Waals surface area contributed by atoms with Crippen molar-refractivity contribution in [2.24, 2.45) is 0 Å². The molecule has 2 N–H and O–H groups in total. The van der Waals surface area contributed by atoms with Gasteiger partial charge in [0.05, 0.1) is 23.0 Å². The maximum absolute atomic E-state index is 12.3. The highest BCUT2D eigenvalue weighted by Gasteiger charge is 2.16. The zero-order chi connectivity index (χ0) is 14.9. The number of rotatable bonds is 4. The highest BCUT2D eigenvalue weighted by atomic mass is 32.2. The van der Waals surface area contributed by atoms with Crippen LogP contribution in [0.1, 0.15) is 0 Å². The van der Waals surface area contributed by atoms with Gasteiger partial charge in [0.2, 0.25) is 5.95 Å². The van der Waals surface area contributed by atoms with Crippen molar-refractivity contribution in [3.8, 4) is 5.75 Å². The molecule has 108 valence electrons. The second kappa shape index (κ2) is 5.10. The van der Waals surface area contributed by atoms with Gasteiger partial charge >= 0.3 is 0 Å². The van der Waals surface area contributed by atoms with Crippen LogP contribution in [0, 0.1) is 0 Å². The van der Waals surface area contributed by atoms with Crippen LogP contribution in [0.25, 0.3) is 11.0 Å². The molecule has 0 radical (unpaired) electrons. The Hall–Kier alpha value is -2.54. The third-order valence-electron chi connectivity index (χ3n) is 2.97. The van der Waals surface area contributed by atoms with Crippen LogP contribution in [0.4, 0.5) is 5.95 Å². The van der Waals surface area contributed by atoms with Crippen molar-refractivity contribution in [2.75, 3.05) is 11.8 Å². The largest absolute Gasteiger partial charge is 0.497 e. The number of para-hydroxylation sites is 2. The van der Waals surface area contributed by atoms with Crippen LogP contribution < -0.4 is 9.46 Å². The van der Waals surface area contributed by atoms with Gasteiger partial charge in [-0.3, -0.25) is 0 Å². The normalized spacial score (nSPS) is 11.5. The summed E-state index contributed by atoms with van der Waals surface area (Å²) in [6.07, 6.45) is 0. The minimum absolute atomic E-state index is 0.113. The maximum atomic E-state index is 12.3. The van der Waals surface area contributed by atoms with Crippen LogP contribution in [-0.4, -0.2) is 25.5 Å². The summed E-state index contributed by atoms with van der Waals surface area (Å²) < 4.78 is 32.1. The quantitative estimate of drug-likeness (QED) is 0.775. The molecule has 0 aliphatic heterocycles. The molecule has 1 heterocycles. The fraction of sp³-hybridized carbons (Fsp3) is 0.0714. The molecule has 0 aliphatic rings. The Morgan fingerprint density at radius 2 is 1.95 bits per heavy atom. The lowest BCUT2D eigenvalue weighted by molar-refractivity contribution is 0.413. The van der Waals surface area contributed by atoms with Crippen molar-refractivity contribution in [1.29, 1.82) is 0 Å². The average molecular weight is 303 g/mol. The van der Waals surface area contributed by atoms with Gasteiger partial charge in [-0.15, -0.1) is 0 Å². The summed E-state index contributed by atoms with van der Waals surface area (Å²) in [6.45, 7) is 0. The number of nitrogens with one attached hydrogen (secondary N) is 2. The molecular weight excluding hydrogens is 290 g/mol. The molecule has 0 bridgehead atoms. The number of sulfonamides is 1. The van der Waals surface area contributed by atoms with E-state index in [1.165, 1.54) is 19.2 Å². The second-order valence-electron chi connectivity index (χ2n) is 4.39. The summed E-state index contributed by atoms with van der Waals surface area (Å²) in [6, 6.07) is 13.6. The van der Waals surface area contributed by atoms with Gasteiger partial charge in [-0.25, -0.2) is 18.1 Å². The Morgan fingerprint density at radius 1 is 1.14 bits per heavy atom. The second-order valence-corrected chi connectivity index (χ2v) is 6.07. The Bertz CT molecular complexity index is 854. The highest BCUT2D eigenvalue weighted by molar-refractivity contribution is 7.92. The van der Waals surface area contributed by atoms with E-state index in [4.69, 9.17) is 4.74 Å². The fourth-order valence-electron chi connectivity index (χ4n) is 1.96. The van der Waals surface area contributed by atoms with Gasteiger partial charge in [-0.05, 0) is 24.3 Å². The molecule has 0 aliphatic carbocycles. The lowest BCUT2D eigenvalue weighted by Gasteiger charge is -2.06. The maximum Gasteiger partial charge on any atom is 0.264 e. The average Bonchev–Trinajstić information content (AvgIpc) is 2.88. The number of anilines is 1. The number of aromatic amines is 1. The molecule has 2 aromatic carbocycles. The van der Waals surface area contributed by atoms with E-state index in [9.17, 15) is 8.42 Å². The Morgan fingerprint density at radius 3 is 2.71 bits per heavy atom. The topological polar surface area (TPSA) is 84.1 Å². The highest BCUT2D eigenvalue weighted by Crippen LogP contribution is 2.20. The van der Waals surface area contributed by atoms with Crippen molar-refractivity contribution < 1.29 is 13.2 Å². The van der Waals surface area contributed by atoms with Gasteiger partial charge in [-0.1, -0.05) is 18.2 Å². The molecule has 6 nitrogen and oxygen atoms in total. The Balaban J connectivity index is 1.95. The molecule has 21 heavy (non-hydrogen) atoms. The molecule has 0 fully saturated rings.